The molecule has 0 aliphatic rings. The number of aryl methyl sites for hydroxylation is 1. The van der Waals surface area contributed by atoms with Gasteiger partial charge in [0.05, 0.1) is 5.00 Å². The van der Waals surface area contributed by atoms with Crippen molar-refractivity contribution < 1.29 is 0 Å². The first-order valence-electron chi connectivity index (χ1n) is 4.28. The van der Waals surface area contributed by atoms with Gasteiger partial charge in [0.2, 0.25) is 0 Å². The van der Waals surface area contributed by atoms with Crippen LogP contribution < -0.4 is 5.73 Å². The highest BCUT2D eigenvalue weighted by atomic mass is 79.9. The number of nitrogens with two attached hydrogens (primary N) is 1. The monoisotopic (exact) mass is 267 g/mol. The van der Waals surface area contributed by atoms with Gasteiger partial charge in [-0.15, -0.1) is 11.3 Å². The Morgan fingerprint density at radius 1 is 1.21 bits per heavy atom. The van der Waals surface area contributed by atoms with Crippen molar-refractivity contribution >= 4 is 32.3 Å². The molecule has 3 heteroatoms. The van der Waals surface area contributed by atoms with Crippen molar-refractivity contribution in [1.29, 1.82) is 0 Å². The van der Waals surface area contributed by atoms with E-state index in [0.717, 1.165) is 9.47 Å². The maximum absolute atomic E-state index is 5.76. The van der Waals surface area contributed by atoms with Crippen LogP contribution in [0.25, 0.3) is 11.1 Å². The summed E-state index contributed by atoms with van der Waals surface area (Å²) in [5, 5.41) is 0.875. The molecule has 2 aromatic rings. The first kappa shape index (κ1) is 9.74. The van der Waals surface area contributed by atoms with Crippen molar-refractivity contribution in [3.63, 3.8) is 0 Å². The van der Waals surface area contributed by atoms with E-state index in [1.165, 1.54) is 16.0 Å². The summed E-state index contributed by atoms with van der Waals surface area (Å²) < 4.78 is 1.10. The Morgan fingerprint density at radius 2 is 1.86 bits per heavy atom. The Kier molecular flexibility index (Phi) is 2.61. The zero-order valence-corrected chi connectivity index (χ0v) is 10.2. The van der Waals surface area contributed by atoms with E-state index in [9.17, 15) is 0 Å². The van der Waals surface area contributed by atoms with Gasteiger partial charge in [-0.05, 0) is 36.2 Å². The average Bonchev–Trinajstić information content (AvgIpc) is 2.47. The van der Waals surface area contributed by atoms with E-state index in [2.05, 4.69) is 35.0 Å². The molecule has 0 bridgehead atoms. The second-order valence-electron chi connectivity index (χ2n) is 3.13. The normalized spacial score (nSPS) is 10.4. The Labute approximate surface area is 95.7 Å². The minimum Gasteiger partial charge on any atom is -0.391 e. The van der Waals surface area contributed by atoms with Crippen LogP contribution in [0, 0.1) is 6.92 Å². The van der Waals surface area contributed by atoms with E-state index in [-0.39, 0.29) is 0 Å². The van der Waals surface area contributed by atoms with E-state index in [0.29, 0.717) is 0 Å². The van der Waals surface area contributed by atoms with Crippen molar-refractivity contribution in [1.82, 2.24) is 0 Å². The minimum atomic E-state index is 0.875. The Morgan fingerprint density at radius 3 is 2.36 bits per heavy atom. The summed E-state index contributed by atoms with van der Waals surface area (Å²) in [5.74, 6) is 0. The van der Waals surface area contributed by atoms with Crippen LogP contribution in [0.4, 0.5) is 5.00 Å². The summed E-state index contributed by atoms with van der Waals surface area (Å²) in [4.78, 5) is 1.27. The molecule has 14 heavy (non-hydrogen) atoms. The zero-order valence-electron chi connectivity index (χ0n) is 7.75. The number of anilines is 1. The van der Waals surface area contributed by atoms with Crippen LogP contribution in [0.15, 0.2) is 34.8 Å². The van der Waals surface area contributed by atoms with Gasteiger partial charge in [-0.1, -0.05) is 28.1 Å². The number of hydrogen-bond donors (Lipinski definition) is 1. The zero-order chi connectivity index (χ0) is 10.1. The fraction of sp³-hybridized carbons (Fsp3) is 0.0909. The fourth-order valence-corrected chi connectivity index (χ4v) is 2.50. The SMILES string of the molecule is Cc1sc(N)cc1-c1ccc(Br)cc1. The van der Waals surface area contributed by atoms with Crippen molar-refractivity contribution in [2.45, 2.75) is 6.92 Å². The summed E-state index contributed by atoms with van der Waals surface area (Å²) in [5.41, 5.74) is 8.21. The number of hydrogen-bond acceptors (Lipinski definition) is 2. The van der Waals surface area contributed by atoms with Crippen LogP contribution in [0.2, 0.25) is 0 Å². The number of nitrogen functional groups attached to an aromatic ring is 1. The van der Waals surface area contributed by atoms with Crippen LogP contribution in [-0.2, 0) is 0 Å². The van der Waals surface area contributed by atoms with Crippen LogP contribution >= 0.6 is 27.3 Å². The molecule has 1 aromatic heterocycles. The van der Waals surface area contributed by atoms with Gasteiger partial charge in [0.15, 0.2) is 0 Å². The molecule has 0 spiro atoms. The van der Waals surface area contributed by atoms with Crippen LogP contribution in [0.5, 0.6) is 0 Å². The lowest BCUT2D eigenvalue weighted by Crippen LogP contribution is -1.77. The van der Waals surface area contributed by atoms with Crippen molar-refractivity contribution in [3.8, 4) is 11.1 Å². The summed E-state index contributed by atoms with van der Waals surface area (Å²) in [6.45, 7) is 2.10. The molecule has 0 saturated carbocycles. The highest BCUT2D eigenvalue weighted by Gasteiger charge is 2.05. The second kappa shape index (κ2) is 3.75. The molecular formula is C11H10BrNS. The van der Waals surface area contributed by atoms with Gasteiger partial charge in [-0.25, -0.2) is 0 Å². The smallest absolute Gasteiger partial charge is 0.0865 e. The van der Waals surface area contributed by atoms with Crippen LogP contribution in [0.3, 0.4) is 0 Å². The van der Waals surface area contributed by atoms with Crippen molar-refractivity contribution in [2.24, 2.45) is 0 Å². The molecule has 1 heterocycles. The fourth-order valence-electron chi connectivity index (χ4n) is 1.42. The molecule has 1 aromatic carbocycles. The number of halogens is 1. The molecule has 0 saturated heterocycles. The number of thiophene rings is 1. The number of rotatable bonds is 1. The second-order valence-corrected chi connectivity index (χ2v) is 5.33. The van der Waals surface area contributed by atoms with E-state index < -0.39 is 0 Å². The lowest BCUT2D eigenvalue weighted by Gasteiger charge is -1.99. The topological polar surface area (TPSA) is 26.0 Å². The average molecular weight is 268 g/mol. The maximum atomic E-state index is 5.76. The first-order valence-corrected chi connectivity index (χ1v) is 5.89. The molecule has 0 radical (unpaired) electrons. The maximum Gasteiger partial charge on any atom is 0.0865 e. The van der Waals surface area contributed by atoms with Gasteiger partial charge in [0.1, 0.15) is 0 Å². The highest BCUT2D eigenvalue weighted by molar-refractivity contribution is 9.10. The van der Waals surface area contributed by atoms with E-state index >= 15 is 0 Å². The number of benzene rings is 1. The summed E-state index contributed by atoms with van der Waals surface area (Å²) in [6.07, 6.45) is 0. The molecule has 0 aliphatic carbocycles. The molecular weight excluding hydrogens is 258 g/mol. The third-order valence-electron chi connectivity index (χ3n) is 2.09. The minimum absolute atomic E-state index is 0.875. The Balaban J connectivity index is 2.49. The van der Waals surface area contributed by atoms with Crippen molar-refractivity contribution in [2.75, 3.05) is 5.73 Å². The van der Waals surface area contributed by atoms with Gasteiger partial charge < -0.3 is 5.73 Å². The molecule has 0 fully saturated rings. The summed E-state index contributed by atoms with van der Waals surface area (Å²) in [7, 11) is 0. The third-order valence-corrected chi connectivity index (χ3v) is 3.50. The molecule has 0 atom stereocenters. The van der Waals surface area contributed by atoms with Gasteiger partial charge in [0, 0.05) is 9.35 Å². The molecule has 0 aliphatic heterocycles. The predicted molar refractivity (Wildman–Crippen MR) is 66.6 cm³/mol. The van der Waals surface area contributed by atoms with E-state index in [4.69, 9.17) is 5.73 Å². The largest absolute Gasteiger partial charge is 0.391 e. The lowest BCUT2D eigenvalue weighted by atomic mass is 10.1. The lowest BCUT2D eigenvalue weighted by molar-refractivity contribution is 1.57. The van der Waals surface area contributed by atoms with Gasteiger partial charge >= 0.3 is 0 Å². The molecule has 0 unspecified atom stereocenters. The first-order chi connectivity index (χ1) is 6.66. The molecule has 72 valence electrons. The van der Waals surface area contributed by atoms with Crippen LogP contribution in [0.1, 0.15) is 4.88 Å². The summed E-state index contributed by atoms with van der Waals surface area (Å²) in [6, 6.07) is 10.3. The third kappa shape index (κ3) is 1.83. The van der Waals surface area contributed by atoms with Gasteiger partial charge in [-0.3, -0.25) is 0 Å². The van der Waals surface area contributed by atoms with E-state index in [1.54, 1.807) is 11.3 Å². The predicted octanol–water partition coefficient (Wildman–Crippen LogP) is 4.07. The molecule has 0 amide bonds. The Hall–Kier alpha value is -0.800. The van der Waals surface area contributed by atoms with Crippen LogP contribution in [-0.4, -0.2) is 0 Å². The quantitative estimate of drug-likeness (QED) is 0.829. The highest BCUT2D eigenvalue weighted by Crippen LogP contribution is 2.32. The molecule has 1 nitrogen and oxygen atoms in total. The van der Waals surface area contributed by atoms with Gasteiger partial charge in [0.25, 0.3) is 0 Å². The van der Waals surface area contributed by atoms with Crippen molar-refractivity contribution in [3.05, 3.63) is 39.7 Å². The van der Waals surface area contributed by atoms with E-state index in [1.807, 2.05) is 18.2 Å². The standard InChI is InChI=1S/C11H10BrNS/c1-7-10(6-11(13)14-7)8-2-4-9(12)5-3-8/h2-6H,13H2,1H3. The summed E-state index contributed by atoms with van der Waals surface area (Å²) >= 11 is 5.05. The molecule has 2 rings (SSSR count). The Bertz CT molecular complexity index is 445. The molecule has 2 N–H and O–H groups in total. The van der Waals surface area contributed by atoms with Gasteiger partial charge in [-0.2, -0.15) is 0 Å².